The van der Waals surface area contributed by atoms with Crippen molar-refractivity contribution in [3.8, 4) is 17.1 Å². The summed E-state index contributed by atoms with van der Waals surface area (Å²) >= 11 is 5.02. The van der Waals surface area contributed by atoms with Crippen LogP contribution in [0.4, 0.5) is 0 Å². The van der Waals surface area contributed by atoms with Gasteiger partial charge in [0.2, 0.25) is 4.77 Å². The molecule has 1 N–H and O–H groups in total. The van der Waals surface area contributed by atoms with Crippen molar-refractivity contribution in [1.29, 1.82) is 0 Å². The summed E-state index contributed by atoms with van der Waals surface area (Å²) in [7, 11) is 3.47. The van der Waals surface area contributed by atoms with Crippen molar-refractivity contribution in [2.24, 2.45) is 7.05 Å². The topological polar surface area (TPSA) is 42.8 Å². The Hall–Kier alpha value is -1.62. The van der Waals surface area contributed by atoms with Gasteiger partial charge in [0.1, 0.15) is 5.75 Å². The number of hydrogen-bond acceptors (Lipinski definition) is 3. The molecule has 0 radical (unpaired) electrons. The van der Waals surface area contributed by atoms with E-state index in [1.807, 2.05) is 31.3 Å². The summed E-state index contributed by atoms with van der Waals surface area (Å²) < 4.78 is 7.37. The number of nitrogens with zero attached hydrogens (tertiary/aromatic N) is 2. The summed E-state index contributed by atoms with van der Waals surface area (Å²) in [4.78, 5) is 4.22. The predicted molar refractivity (Wildman–Crippen MR) is 60.4 cm³/mol. The molecule has 0 saturated carbocycles. The van der Waals surface area contributed by atoms with Gasteiger partial charge in [0.05, 0.1) is 7.11 Å². The molecule has 1 heterocycles. The highest BCUT2D eigenvalue weighted by Crippen LogP contribution is 2.20. The van der Waals surface area contributed by atoms with Crippen LogP contribution in [-0.4, -0.2) is 21.9 Å². The lowest BCUT2D eigenvalue weighted by Gasteiger charge is -2.01. The van der Waals surface area contributed by atoms with Crippen LogP contribution >= 0.6 is 12.2 Å². The number of nitrogens with one attached hydrogen (secondary N) is 1. The second-order valence-electron chi connectivity index (χ2n) is 3.15. The minimum atomic E-state index is 0.535. The molecule has 78 valence electrons. The fourth-order valence-electron chi connectivity index (χ4n) is 1.30. The second kappa shape index (κ2) is 3.86. The van der Waals surface area contributed by atoms with Gasteiger partial charge in [0, 0.05) is 12.6 Å². The van der Waals surface area contributed by atoms with Crippen LogP contribution in [0.15, 0.2) is 24.3 Å². The van der Waals surface area contributed by atoms with E-state index in [4.69, 9.17) is 17.0 Å². The van der Waals surface area contributed by atoms with Gasteiger partial charge in [-0.1, -0.05) is 12.1 Å². The summed E-state index contributed by atoms with van der Waals surface area (Å²) in [6, 6.07) is 7.67. The number of methoxy groups -OCH3 is 1. The van der Waals surface area contributed by atoms with Gasteiger partial charge >= 0.3 is 0 Å². The van der Waals surface area contributed by atoms with E-state index in [0.29, 0.717) is 4.77 Å². The van der Waals surface area contributed by atoms with Gasteiger partial charge in [-0.15, -0.1) is 0 Å². The third-order valence-electron chi connectivity index (χ3n) is 2.11. The summed E-state index contributed by atoms with van der Waals surface area (Å²) in [6.07, 6.45) is 0. The molecule has 0 saturated heterocycles. The highest BCUT2D eigenvalue weighted by molar-refractivity contribution is 7.71. The number of rotatable bonds is 2. The van der Waals surface area contributed by atoms with Gasteiger partial charge in [-0.25, -0.2) is 0 Å². The van der Waals surface area contributed by atoms with Crippen molar-refractivity contribution >= 4 is 12.2 Å². The maximum Gasteiger partial charge on any atom is 0.216 e. The lowest BCUT2D eigenvalue weighted by atomic mass is 10.2. The number of aryl methyl sites for hydroxylation is 1. The average molecular weight is 221 g/mol. The van der Waals surface area contributed by atoms with Gasteiger partial charge in [-0.2, -0.15) is 4.98 Å². The Balaban J connectivity index is 2.49. The minimum Gasteiger partial charge on any atom is -0.497 e. The highest BCUT2D eigenvalue weighted by atomic mass is 32.1. The number of benzene rings is 1. The Labute approximate surface area is 92.5 Å². The van der Waals surface area contributed by atoms with E-state index in [1.54, 1.807) is 11.8 Å². The number of ether oxygens (including phenoxy) is 1. The van der Waals surface area contributed by atoms with Crippen LogP contribution in [0.25, 0.3) is 11.4 Å². The van der Waals surface area contributed by atoms with Crippen LogP contribution < -0.4 is 4.74 Å². The Morgan fingerprint density at radius 1 is 1.47 bits per heavy atom. The van der Waals surface area contributed by atoms with Gasteiger partial charge in [0.15, 0.2) is 5.82 Å². The molecular weight excluding hydrogens is 210 g/mol. The van der Waals surface area contributed by atoms with Crippen molar-refractivity contribution in [1.82, 2.24) is 14.8 Å². The standard InChI is InChI=1S/C10H11N3OS/c1-13-10(15)11-9(12-13)7-4-3-5-8(6-7)14-2/h3-6H,1-2H3,(H,11,12,15). The maximum absolute atomic E-state index is 5.14. The fourth-order valence-corrected chi connectivity index (χ4v) is 1.44. The van der Waals surface area contributed by atoms with Gasteiger partial charge in [0.25, 0.3) is 0 Å². The quantitative estimate of drug-likeness (QED) is 0.790. The van der Waals surface area contributed by atoms with E-state index < -0.39 is 0 Å². The molecule has 0 atom stereocenters. The van der Waals surface area contributed by atoms with E-state index in [1.165, 1.54) is 0 Å². The normalized spacial score (nSPS) is 10.3. The molecule has 15 heavy (non-hydrogen) atoms. The molecule has 0 amide bonds. The summed E-state index contributed by atoms with van der Waals surface area (Å²) in [5.74, 6) is 1.55. The zero-order chi connectivity index (χ0) is 10.8. The smallest absolute Gasteiger partial charge is 0.216 e. The van der Waals surface area contributed by atoms with Crippen LogP contribution in [-0.2, 0) is 7.05 Å². The third kappa shape index (κ3) is 1.92. The van der Waals surface area contributed by atoms with Gasteiger partial charge < -0.3 is 4.74 Å². The molecular formula is C10H11N3OS. The monoisotopic (exact) mass is 221 g/mol. The molecule has 2 rings (SSSR count). The molecule has 4 nitrogen and oxygen atoms in total. The van der Waals surface area contributed by atoms with Crippen LogP contribution in [0.2, 0.25) is 0 Å². The Morgan fingerprint density at radius 3 is 2.87 bits per heavy atom. The first-order chi connectivity index (χ1) is 7.20. The zero-order valence-corrected chi connectivity index (χ0v) is 9.34. The van der Waals surface area contributed by atoms with E-state index >= 15 is 0 Å². The predicted octanol–water partition coefficient (Wildman–Crippen LogP) is 2.15. The molecule has 0 spiro atoms. The van der Waals surface area contributed by atoms with E-state index in [2.05, 4.69) is 10.1 Å². The summed E-state index contributed by atoms with van der Waals surface area (Å²) in [6.45, 7) is 0. The van der Waals surface area contributed by atoms with Crippen molar-refractivity contribution in [3.05, 3.63) is 29.0 Å². The number of H-pyrrole nitrogens is 1. The first-order valence-electron chi connectivity index (χ1n) is 4.48. The highest BCUT2D eigenvalue weighted by Gasteiger charge is 2.03. The van der Waals surface area contributed by atoms with Crippen molar-refractivity contribution < 1.29 is 4.74 Å². The average Bonchev–Trinajstić information content (AvgIpc) is 2.59. The van der Waals surface area contributed by atoms with Crippen molar-refractivity contribution in [3.63, 3.8) is 0 Å². The molecule has 0 unspecified atom stereocenters. The van der Waals surface area contributed by atoms with Crippen molar-refractivity contribution in [2.75, 3.05) is 7.11 Å². The van der Waals surface area contributed by atoms with Gasteiger partial charge in [-0.05, 0) is 24.4 Å². The molecule has 0 fully saturated rings. The second-order valence-corrected chi connectivity index (χ2v) is 3.51. The number of aromatic amines is 1. The van der Waals surface area contributed by atoms with E-state index in [-0.39, 0.29) is 0 Å². The van der Waals surface area contributed by atoms with Crippen LogP contribution in [0, 0.1) is 4.77 Å². The number of aromatic nitrogens is 3. The molecule has 0 bridgehead atoms. The van der Waals surface area contributed by atoms with Gasteiger partial charge in [-0.3, -0.25) is 9.78 Å². The Bertz CT molecular complexity index is 529. The molecule has 1 aromatic heterocycles. The van der Waals surface area contributed by atoms with Crippen LogP contribution in [0.5, 0.6) is 5.75 Å². The van der Waals surface area contributed by atoms with E-state index in [9.17, 15) is 0 Å². The molecule has 2 aromatic rings. The summed E-state index contributed by atoms with van der Waals surface area (Å²) in [5.41, 5.74) is 0.959. The first kappa shape index (κ1) is 9.92. The van der Waals surface area contributed by atoms with Crippen LogP contribution in [0.1, 0.15) is 0 Å². The minimum absolute atomic E-state index is 0.535. The molecule has 1 aromatic carbocycles. The zero-order valence-electron chi connectivity index (χ0n) is 8.52. The van der Waals surface area contributed by atoms with E-state index in [0.717, 1.165) is 17.1 Å². The SMILES string of the molecule is COc1cccc(-c2nc(=S)n(C)[nH]2)c1. The molecule has 5 heteroatoms. The third-order valence-corrected chi connectivity index (χ3v) is 2.48. The number of hydrogen-bond donors (Lipinski definition) is 1. The van der Waals surface area contributed by atoms with Crippen LogP contribution in [0.3, 0.4) is 0 Å². The lowest BCUT2D eigenvalue weighted by molar-refractivity contribution is 0.415. The lowest BCUT2D eigenvalue weighted by Crippen LogP contribution is -1.89. The molecule has 0 aliphatic heterocycles. The molecule has 0 aliphatic carbocycles. The Morgan fingerprint density at radius 2 is 2.27 bits per heavy atom. The molecule has 0 aliphatic rings. The maximum atomic E-state index is 5.14. The largest absolute Gasteiger partial charge is 0.497 e. The fraction of sp³-hybridized carbons (Fsp3) is 0.200. The van der Waals surface area contributed by atoms with Crippen molar-refractivity contribution in [2.45, 2.75) is 0 Å². The first-order valence-corrected chi connectivity index (χ1v) is 4.89. The Kier molecular flexibility index (Phi) is 2.55. The summed E-state index contributed by atoms with van der Waals surface area (Å²) in [5, 5.41) is 3.06.